The van der Waals surface area contributed by atoms with Crippen LogP contribution in [0.5, 0.6) is 0 Å². The molecule has 0 aromatic carbocycles. The summed E-state index contributed by atoms with van der Waals surface area (Å²) in [5.41, 5.74) is 0. The summed E-state index contributed by atoms with van der Waals surface area (Å²) < 4.78 is 0. The molecule has 1 aliphatic rings. The number of aryl methyl sites for hydroxylation is 1. The highest BCUT2D eigenvalue weighted by Gasteiger charge is 2.23. The van der Waals surface area contributed by atoms with Crippen LogP contribution in [0, 0.1) is 5.92 Å². The molecule has 1 aromatic heterocycles. The summed E-state index contributed by atoms with van der Waals surface area (Å²) in [6.07, 6.45) is 7.25. The van der Waals surface area contributed by atoms with Crippen LogP contribution >= 0.6 is 0 Å². The van der Waals surface area contributed by atoms with E-state index in [1.165, 1.54) is 25.7 Å². The van der Waals surface area contributed by atoms with Crippen LogP contribution < -0.4 is 10.2 Å². The van der Waals surface area contributed by atoms with Gasteiger partial charge in [0.1, 0.15) is 17.5 Å². The molecule has 0 amide bonds. The molecule has 1 fully saturated rings. The normalized spacial score (nSPS) is 22.6. The number of hydrogen-bond acceptors (Lipinski definition) is 4. The first-order valence-electron chi connectivity index (χ1n) is 7.92. The van der Waals surface area contributed by atoms with Crippen molar-refractivity contribution in [1.82, 2.24) is 9.97 Å². The van der Waals surface area contributed by atoms with Gasteiger partial charge in [-0.3, -0.25) is 0 Å². The molecule has 1 N–H and O–H groups in total. The molecule has 0 spiro atoms. The van der Waals surface area contributed by atoms with Gasteiger partial charge in [0.05, 0.1) is 0 Å². The van der Waals surface area contributed by atoms with E-state index in [0.717, 1.165) is 36.2 Å². The lowest BCUT2D eigenvalue weighted by Gasteiger charge is -2.34. The molecule has 0 aliphatic heterocycles. The molecule has 1 heterocycles. The zero-order chi connectivity index (χ0) is 14.5. The standard InChI is InChI=1S/C16H28N4/c1-5-6-14-18-15(17-3)11-16(19-14)20(4)13-9-7-12(2)8-10-13/h11-13H,5-10H2,1-4H3,(H,17,18,19). The van der Waals surface area contributed by atoms with Crippen LogP contribution in [0.25, 0.3) is 0 Å². The Labute approximate surface area is 123 Å². The Morgan fingerprint density at radius 3 is 2.55 bits per heavy atom. The summed E-state index contributed by atoms with van der Waals surface area (Å²) in [7, 11) is 4.10. The number of aromatic nitrogens is 2. The smallest absolute Gasteiger partial charge is 0.134 e. The Kier molecular flexibility index (Phi) is 5.21. The highest BCUT2D eigenvalue weighted by Crippen LogP contribution is 2.29. The lowest BCUT2D eigenvalue weighted by Crippen LogP contribution is -2.35. The van der Waals surface area contributed by atoms with E-state index in [4.69, 9.17) is 4.98 Å². The Hall–Kier alpha value is -1.32. The average molecular weight is 276 g/mol. The van der Waals surface area contributed by atoms with Gasteiger partial charge in [-0.1, -0.05) is 13.8 Å². The number of nitrogens with one attached hydrogen (secondary N) is 1. The summed E-state index contributed by atoms with van der Waals surface area (Å²) in [4.78, 5) is 11.6. The molecule has 4 nitrogen and oxygen atoms in total. The minimum Gasteiger partial charge on any atom is -0.373 e. The van der Waals surface area contributed by atoms with Crippen LogP contribution in [0.2, 0.25) is 0 Å². The minimum absolute atomic E-state index is 0.625. The van der Waals surface area contributed by atoms with Gasteiger partial charge in [0.25, 0.3) is 0 Å². The lowest BCUT2D eigenvalue weighted by atomic mass is 9.87. The van der Waals surface area contributed by atoms with E-state index < -0.39 is 0 Å². The SMILES string of the molecule is CCCc1nc(NC)cc(N(C)C2CCC(C)CC2)n1. The van der Waals surface area contributed by atoms with E-state index in [9.17, 15) is 0 Å². The van der Waals surface area contributed by atoms with Crippen LogP contribution in [0.1, 0.15) is 51.8 Å². The topological polar surface area (TPSA) is 41.1 Å². The van der Waals surface area contributed by atoms with Gasteiger partial charge >= 0.3 is 0 Å². The molecule has 1 saturated carbocycles. The van der Waals surface area contributed by atoms with E-state index in [1.54, 1.807) is 0 Å². The van der Waals surface area contributed by atoms with Crippen molar-refractivity contribution in [3.63, 3.8) is 0 Å². The van der Waals surface area contributed by atoms with Crippen molar-refractivity contribution in [3.8, 4) is 0 Å². The number of rotatable bonds is 5. The largest absolute Gasteiger partial charge is 0.373 e. The molecule has 0 atom stereocenters. The van der Waals surface area contributed by atoms with E-state index in [2.05, 4.69) is 42.2 Å². The monoisotopic (exact) mass is 276 g/mol. The lowest BCUT2D eigenvalue weighted by molar-refractivity contribution is 0.340. The fraction of sp³-hybridized carbons (Fsp3) is 0.750. The van der Waals surface area contributed by atoms with Crippen molar-refractivity contribution in [3.05, 3.63) is 11.9 Å². The Balaban J connectivity index is 2.15. The van der Waals surface area contributed by atoms with Crippen molar-refractivity contribution >= 4 is 11.6 Å². The maximum Gasteiger partial charge on any atom is 0.134 e. The number of hydrogen-bond donors (Lipinski definition) is 1. The van der Waals surface area contributed by atoms with Crippen molar-refractivity contribution in [2.45, 2.75) is 58.4 Å². The molecule has 1 aromatic rings. The average Bonchev–Trinajstić information content (AvgIpc) is 2.47. The molecule has 1 aliphatic carbocycles. The quantitative estimate of drug-likeness (QED) is 0.894. The fourth-order valence-corrected chi connectivity index (χ4v) is 2.94. The summed E-state index contributed by atoms with van der Waals surface area (Å²) in [5, 5.41) is 3.15. The predicted octanol–water partition coefficient (Wildman–Crippen LogP) is 3.49. The molecule has 112 valence electrons. The Morgan fingerprint density at radius 1 is 1.25 bits per heavy atom. The maximum atomic E-state index is 4.74. The van der Waals surface area contributed by atoms with Gasteiger partial charge in [-0.2, -0.15) is 0 Å². The molecular formula is C16H28N4. The second-order valence-corrected chi connectivity index (χ2v) is 6.05. The molecule has 0 unspecified atom stereocenters. The highest BCUT2D eigenvalue weighted by molar-refractivity contribution is 5.49. The van der Waals surface area contributed by atoms with Gasteiger partial charge in [-0.05, 0) is 38.0 Å². The van der Waals surface area contributed by atoms with Crippen LogP contribution in [0.3, 0.4) is 0 Å². The highest BCUT2D eigenvalue weighted by atomic mass is 15.2. The number of anilines is 2. The molecule has 2 rings (SSSR count). The van der Waals surface area contributed by atoms with E-state index in [-0.39, 0.29) is 0 Å². The third-order valence-electron chi connectivity index (χ3n) is 4.38. The molecule has 0 saturated heterocycles. The first-order chi connectivity index (χ1) is 9.63. The van der Waals surface area contributed by atoms with Gasteiger partial charge in [0.2, 0.25) is 0 Å². The van der Waals surface area contributed by atoms with Crippen molar-refractivity contribution in [1.29, 1.82) is 0 Å². The minimum atomic E-state index is 0.625. The van der Waals surface area contributed by atoms with Crippen molar-refractivity contribution < 1.29 is 0 Å². The molecule has 0 bridgehead atoms. The van der Waals surface area contributed by atoms with Crippen molar-refractivity contribution in [2.24, 2.45) is 5.92 Å². The molecule has 4 heteroatoms. The van der Waals surface area contributed by atoms with Gasteiger partial charge < -0.3 is 10.2 Å². The first-order valence-corrected chi connectivity index (χ1v) is 7.92. The third-order valence-corrected chi connectivity index (χ3v) is 4.38. The third kappa shape index (κ3) is 3.62. The summed E-state index contributed by atoms with van der Waals surface area (Å²) in [6, 6.07) is 2.69. The Morgan fingerprint density at radius 2 is 1.95 bits per heavy atom. The van der Waals surface area contributed by atoms with Gasteiger partial charge in [-0.25, -0.2) is 9.97 Å². The van der Waals surface area contributed by atoms with Crippen molar-refractivity contribution in [2.75, 3.05) is 24.3 Å². The summed E-state index contributed by atoms with van der Waals surface area (Å²) in [6.45, 7) is 4.53. The zero-order valence-electron chi connectivity index (χ0n) is 13.3. The van der Waals surface area contributed by atoms with Crippen LogP contribution in [0.15, 0.2) is 6.07 Å². The second-order valence-electron chi connectivity index (χ2n) is 6.05. The number of nitrogens with zero attached hydrogens (tertiary/aromatic N) is 3. The van der Waals surface area contributed by atoms with Crippen LogP contribution in [0.4, 0.5) is 11.6 Å². The molecular weight excluding hydrogens is 248 g/mol. The first kappa shape index (κ1) is 15.1. The van der Waals surface area contributed by atoms with Gasteiger partial charge in [0.15, 0.2) is 0 Å². The van der Waals surface area contributed by atoms with E-state index in [0.29, 0.717) is 6.04 Å². The Bertz CT molecular complexity index is 424. The molecule has 20 heavy (non-hydrogen) atoms. The molecule has 0 radical (unpaired) electrons. The maximum absolute atomic E-state index is 4.74. The van der Waals surface area contributed by atoms with Gasteiger partial charge in [0, 0.05) is 32.6 Å². The zero-order valence-corrected chi connectivity index (χ0v) is 13.3. The predicted molar refractivity (Wildman–Crippen MR) is 85.4 cm³/mol. The van der Waals surface area contributed by atoms with Crippen LogP contribution in [-0.4, -0.2) is 30.1 Å². The van der Waals surface area contributed by atoms with E-state index in [1.807, 2.05) is 7.05 Å². The summed E-state index contributed by atoms with van der Waals surface area (Å²) >= 11 is 0. The fourth-order valence-electron chi connectivity index (χ4n) is 2.94. The summed E-state index contributed by atoms with van der Waals surface area (Å²) in [5.74, 6) is 3.82. The van der Waals surface area contributed by atoms with Crippen LogP contribution in [-0.2, 0) is 6.42 Å². The van der Waals surface area contributed by atoms with Gasteiger partial charge in [-0.15, -0.1) is 0 Å². The van der Waals surface area contributed by atoms with E-state index >= 15 is 0 Å². The second kappa shape index (κ2) is 6.91.